The highest BCUT2D eigenvalue weighted by atomic mass is 35.5. The first kappa shape index (κ1) is 19.5. The molecule has 0 aromatic carbocycles. The fraction of sp³-hybridized carbons (Fsp3) is 0.700. The number of hydrogen-bond donors (Lipinski definition) is 2. The second-order valence-corrected chi connectivity index (χ2v) is 4.20. The van der Waals surface area contributed by atoms with Crippen LogP contribution < -0.4 is 5.73 Å². The molecule has 8 heteroatoms. The summed E-state index contributed by atoms with van der Waals surface area (Å²) < 4.78 is 4.75. The minimum atomic E-state index is -1.29. The van der Waals surface area contributed by atoms with Gasteiger partial charge in [0.1, 0.15) is 5.78 Å². The van der Waals surface area contributed by atoms with E-state index in [0.717, 1.165) is 6.42 Å². The molecule has 0 aliphatic heterocycles. The Morgan fingerprint density at radius 1 is 1.28 bits per heavy atom. The largest absolute Gasteiger partial charge is 0.479 e. The van der Waals surface area contributed by atoms with Crippen LogP contribution in [-0.4, -0.2) is 40.8 Å². The van der Waals surface area contributed by atoms with Gasteiger partial charge in [0.25, 0.3) is 0 Å². The van der Waals surface area contributed by atoms with Crippen LogP contribution in [0.3, 0.4) is 0 Å². The van der Waals surface area contributed by atoms with Crippen LogP contribution in [0.4, 0.5) is 0 Å². The zero-order chi connectivity index (χ0) is 14.6. The van der Waals surface area contributed by atoms with Crippen LogP contribution in [0.1, 0.15) is 26.2 Å². The first-order valence-corrected chi connectivity index (χ1v) is 6.10. The molecular weight excluding hydrogens is 285 g/mol. The van der Waals surface area contributed by atoms with Gasteiger partial charge in [-0.05, 0) is 6.42 Å². The monoisotopic (exact) mass is 301 g/mol. The van der Waals surface area contributed by atoms with E-state index in [1.807, 2.05) is 6.92 Å². The predicted molar refractivity (Wildman–Crippen MR) is 67.7 cm³/mol. The van der Waals surface area contributed by atoms with Crippen molar-refractivity contribution in [1.82, 2.24) is 0 Å². The third-order valence-electron chi connectivity index (χ3n) is 1.49. The number of ketones is 1. The van der Waals surface area contributed by atoms with Gasteiger partial charge in [-0.2, -0.15) is 0 Å². The van der Waals surface area contributed by atoms with Gasteiger partial charge < -0.3 is 15.6 Å². The molecule has 18 heavy (non-hydrogen) atoms. The van der Waals surface area contributed by atoms with E-state index in [0.29, 0.717) is 6.61 Å². The molecule has 0 aliphatic rings. The fourth-order valence-corrected chi connectivity index (χ4v) is 0.632. The van der Waals surface area contributed by atoms with E-state index in [2.05, 4.69) is 0 Å². The average Bonchev–Trinajstić information content (AvgIpc) is 2.33. The SMILES string of the molecule is CCCOC(=O)CCC(=O)CN.O=C(O)C(Cl)Cl. The Labute approximate surface area is 115 Å². The van der Waals surface area contributed by atoms with Crippen molar-refractivity contribution in [3.8, 4) is 0 Å². The van der Waals surface area contributed by atoms with Gasteiger partial charge in [0, 0.05) is 6.42 Å². The highest BCUT2D eigenvalue weighted by Crippen LogP contribution is 1.98. The van der Waals surface area contributed by atoms with Crippen molar-refractivity contribution in [3.63, 3.8) is 0 Å². The van der Waals surface area contributed by atoms with Gasteiger partial charge >= 0.3 is 11.9 Å². The summed E-state index contributed by atoms with van der Waals surface area (Å²) >= 11 is 9.56. The maximum atomic E-state index is 10.8. The Bertz CT molecular complexity index is 271. The minimum Gasteiger partial charge on any atom is -0.479 e. The molecule has 0 heterocycles. The van der Waals surface area contributed by atoms with Gasteiger partial charge in [0.15, 0.2) is 0 Å². The Morgan fingerprint density at radius 2 is 1.78 bits per heavy atom. The Morgan fingerprint density at radius 3 is 2.11 bits per heavy atom. The number of carbonyl (C=O) groups is 3. The van der Waals surface area contributed by atoms with E-state index in [1.165, 1.54) is 0 Å². The lowest BCUT2D eigenvalue weighted by atomic mass is 10.2. The van der Waals surface area contributed by atoms with Gasteiger partial charge in [0.05, 0.1) is 19.6 Å². The van der Waals surface area contributed by atoms with E-state index >= 15 is 0 Å². The van der Waals surface area contributed by atoms with Crippen LogP contribution in [-0.2, 0) is 19.1 Å². The number of carbonyl (C=O) groups excluding carboxylic acids is 2. The van der Waals surface area contributed by atoms with Crippen molar-refractivity contribution < 1.29 is 24.2 Å². The lowest BCUT2D eigenvalue weighted by Crippen LogP contribution is -2.15. The number of aliphatic carboxylic acids is 1. The molecule has 0 aromatic heterocycles. The summed E-state index contributed by atoms with van der Waals surface area (Å²) in [7, 11) is 0. The number of carboxylic acids is 1. The number of esters is 1. The highest BCUT2D eigenvalue weighted by molar-refractivity contribution is 6.52. The van der Waals surface area contributed by atoms with Crippen LogP contribution >= 0.6 is 23.2 Å². The summed E-state index contributed by atoms with van der Waals surface area (Å²) in [6.07, 6.45) is 1.14. The summed E-state index contributed by atoms with van der Waals surface area (Å²) in [4.78, 5) is 29.6. The summed E-state index contributed by atoms with van der Waals surface area (Å²) in [5.74, 6) is -1.64. The quantitative estimate of drug-likeness (QED) is 0.539. The molecule has 0 saturated carbocycles. The smallest absolute Gasteiger partial charge is 0.337 e. The number of rotatable bonds is 7. The van der Waals surface area contributed by atoms with Crippen molar-refractivity contribution in [2.75, 3.05) is 13.2 Å². The van der Waals surface area contributed by atoms with Crippen molar-refractivity contribution >= 4 is 40.9 Å². The number of hydrogen-bond acceptors (Lipinski definition) is 5. The molecule has 0 saturated heterocycles. The molecule has 0 radical (unpaired) electrons. The second kappa shape index (κ2) is 12.6. The van der Waals surface area contributed by atoms with Crippen LogP contribution in [0.25, 0.3) is 0 Å². The maximum absolute atomic E-state index is 10.8. The molecule has 0 spiro atoms. The van der Waals surface area contributed by atoms with Crippen molar-refractivity contribution in [1.29, 1.82) is 0 Å². The lowest BCUT2D eigenvalue weighted by molar-refractivity contribution is -0.144. The zero-order valence-corrected chi connectivity index (χ0v) is 11.5. The maximum Gasteiger partial charge on any atom is 0.337 e. The topological polar surface area (TPSA) is 107 Å². The molecule has 0 aromatic rings. The minimum absolute atomic E-state index is 0.00105. The van der Waals surface area contributed by atoms with Gasteiger partial charge in [-0.25, -0.2) is 4.79 Å². The summed E-state index contributed by atoms with van der Waals surface area (Å²) in [6, 6.07) is 0. The number of alkyl halides is 2. The Kier molecular flexibility index (Phi) is 13.6. The second-order valence-electron chi connectivity index (χ2n) is 3.10. The van der Waals surface area contributed by atoms with Crippen LogP contribution in [0, 0.1) is 0 Å². The van der Waals surface area contributed by atoms with Gasteiger partial charge in [-0.1, -0.05) is 30.1 Å². The molecule has 0 amide bonds. The van der Waals surface area contributed by atoms with E-state index in [-0.39, 0.29) is 31.1 Å². The van der Waals surface area contributed by atoms with E-state index in [4.69, 9.17) is 38.8 Å². The molecule has 3 N–H and O–H groups in total. The van der Waals surface area contributed by atoms with Gasteiger partial charge in [-0.15, -0.1) is 0 Å². The molecular formula is C10H17Cl2NO5. The fourth-order valence-electron chi connectivity index (χ4n) is 0.632. The molecule has 6 nitrogen and oxygen atoms in total. The Hall–Kier alpha value is -0.850. The molecule has 106 valence electrons. The third-order valence-corrected chi connectivity index (χ3v) is 1.86. The summed E-state index contributed by atoms with van der Waals surface area (Å²) in [6.45, 7) is 2.34. The number of carboxylic acid groups (broad SMARTS) is 1. The van der Waals surface area contributed by atoms with Gasteiger partial charge in [-0.3, -0.25) is 9.59 Å². The normalized spacial score (nSPS) is 9.39. The summed E-state index contributed by atoms with van der Waals surface area (Å²) in [5.41, 5.74) is 5.06. The highest BCUT2D eigenvalue weighted by Gasteiger charge is 2.06. The van der Waals surface area contributed by atoms with E-state index < -0.39 is 10.8 Å². The lowest BCUT2D eigenvalue weighted by Gasteiger charge is -2.01. The van der Waals surface area contributed by atoms with Crippen molar-refractivity contribution in [2.45, 2.75) is 31.0 Å². The van der Waals surface area contributed by atoms with Crippen LogP contribution in [0.5, 0.6) is 0 Å². The molecule has 0 rings (SSSR count). The molecule has 0 bridgehead atoms. The number of Topliss-reactive ketones (excluding diaryl/α,β-unsaturated/α-hetero) is 1. The standard InChI is InChI=1S/C8H15NO3.C2H2Cl2O2/c1-2-5-12-8(11)4-3-7(10)6-9;3-1(4)2(5)6/h2-6,9H2,1H3;1H,(H,5,6). The van der Waals surface area contributed by atoms with Crippen LogP contribution in [0.15, 0.2) is 0 Å². The van der Waals surface area contributed by atoms with E-state index in [1.54, 1.807) is 0 Å². The average molecular weight is 302 g/mol. The molecule has 0 fully saturated rings. The molecule has 0 atom stereocenters. The van der Waals surface area contributed by atoms with Crippen molar-refractivity contribution in [3.05, 3.63) is 0 Å². The zero-order valence-electron chi connectivity index (χ0n) is 10.0. The summed E-state index contributed by atoms with van der Waals surface area (Å²) in [5, 5.41) is 7.73. The number of halogens is 2. The molecule has 0 unspecified atom stereocenters. The number of nitrogens with two attached hydrogens (primary N) is 1. The first-order valence-electron chi connectivity index (χ1n) is 5.23. The molecule has 0 aliphatic carbocycles. The number of ether oxygens (including phenoxy) is 1. The first-order chi connectivity index (χ1) is 8.34. The van der Waals surface area contributed by atoms with Gasteiger partial charge in [0.2, 0.25) is 4.84 Å². The predicted octanol–water partition coefficient (Wildman–Crippen LogP) is 1.12. The van der Waals surface area contributed by atoms with E-state index in [9.17, 15) is 14.4 Å². The Balaban J connectivity index is 0. The van der Waals surface area contributed by atoms with Crippen molar-refractivity contribution in [2.24, 2.45) is 5.73 Å². The third kappa shape index (κ3) is 15.1. The van der Waals surface area contributed by atoms with Crippen LogP contribution in [0.2, 0.25) is 0 Å².